The molecule has 6 heteroatoms. The molecule has 0 radical (unpaired) electrons. The summed E-state index contributed by atoms with van der Waals surface area (Å²) >= 11 is 0. The zero-order valence-corrected chi connectivity index (χ0v) is 23.3. The van der Waals surface area contributed by atoms with Gasteiger partial charge in [0.2, 0.25) is 11.8 Å². The summed E-state index contributed by atoms with van der Waals surface area (Å²) in [4.78, 5) is 29.2. The summed E-state index contributed by atoms with van der Waals surface area (Å²) in [6, 6.07) is 17.0. The van der Waals surface area contributed by atoms with Gasteiger partial charge < -0.3 is 15.4 Å². The Labute approximate surface area is 223 Å². The molecule has 0 aromatic heterocycles. The number of carbonyl (C=O) groups is 2. The summed E-state index contributed by atoms with van der Waals surface area (Å²) < 4.78 is 5.91. The van der Waals surface area contributed by atoms with E-state index in [2.05, 4.69) is 29.4 Å². The summed E-state index contributed by atoms with van der Waals surface area (Å²) in [5, 5.41) is 6.19. The van der Waals surface area contributed by atoms with Crippen LogP contribution in [0, 0.1) is 5.92 Å². The third kappa shape index (κ3) is 9.84. The van der Waals surface area contributed by atoms with Gasteiger partial charge in [-0.15, -0.1) is 0 Å². The van der Waals surface area contributed by atoms with Crippen LogP contribution in [0.3, 0.4) is 0 Å². The van der Waals surface area contributed by atoms with E-state index in [1.807, 2.05) is 75.4 Å². The quantitative estimate of drug-likeness (QED) is 0.444. The maximum Gasteiger partial charge on any atom is 0.243 e. The summed E-state index contributed by atoms with van der Waals surface area (Å²) in [7, 11) is 0. The van der Waals surface area contributed by atoms with Gasteiger partial charge in [0, 0.05) is 12.0 Å². The zero-order chi connectivity index (χ0) is 26.8. The molecular weight excluding hydrogens is 462 g/mol. The molecule has 37 heavy (non-hydrogen) atoms. The molecule has 0 bridgehead atoms. The smallest absolute Gasteiger partial charge is 0.243 e. The highest BCUT2D eigenvalue weighted by atomic mass is 16.5. The van der Waals surface area contributed by atoms with E-state index in [4.69, 9.17) is 4.74 Å². The molecule has 202 valence electrons. The molecule has 1 saturated heterocycles. The van der Waals surface area contributed by atoms with Crippen LogP contribution in [-0.2, 0) is 22.6 Å². The highest BCUT2D eigenvalue weighted by Crippen LogP contribution is 2.19. The standard InChI is InChI=1S/C31H45N3O3/c1-23(2)20-28(34-18-10-7-11-19-34)30(36)32-27(29(35)33-31(3,4)5)21-24-14-16-26(17-15-24)37-22-25-12-8-6-9-13-25/h6,8-9,12-17,23,27-28H,7,10-11,18-22H2,1-5H3,(H,32,36)(H,33,35). The van der Waals surface area contributed by atoms with Gasteiger partial charge in [0.1, 0.15) is 18.4 Å². The number of hydrogen-bond acceptors (Lipinski definition) is 4. The minimum absolute atomic E-state index is 0.0486. The topological polar surface area (TPSA) is 70.7 Å². The molecule has 2 atom stereocenters. The van der Waals surface area contributed by atoms with E-state index >= 15 is 0 Å². The average Bonchev–Trinajstić information content (AvgIpc) is 2.86. The minimum atomic E-state index is -0.651. The molecule has 0 aliphatic carbocycles. The Hall–Kier alpha value is -2.86. The van der Waals surface area contributed by atoms with Crippen molar-refractivity contribution in [1.82, 2.24) is 15.5 Å². The first-order chi connectivity index (χ1) is 17.6. The maximum atomic E-state index is 13.6. The third-order valence-electron chi connectivity index (χ3n) is 6.57. The number of likely N-dealkylation sites (tertiary alicyclic amines) is 1. The first kappa shape index (κ1) is 28.7. The van der Waals surface area contributed by atoms with Crippen molar-refractivity contribution < 1.29 is 14.3 Å². The lowest BCUT2D eigenvalue weighted by Gasteiger charge is -2.35. The number of hydrogen-bond donors (Lipinski definition) is 2. The largest absolute Gasteiger partial charge is 0.489 e. The third-order valence-corrected chi connectivity index (χ3v) is 6.57. The van der Waals surface area contributed by atoms with E-state index < -0.39 is 6.04 Å². The van der Waals surface area contributed by atoms with Gasteiger partial charge in [-0.25, -0.2) is 0 Å². The lowest BCUT2D eigenvalue weighted by molar-refractivity contribution is -0.133. The van der Waals surface area contributed by atoms with E-state index in [0.29, 0.717) is 18.9 Å². The molecule has 2 aromatic carbocycles. The Balaban J connectivity index is 1.70. The van der Waals surface area contributed by atoms with Crippen LogP contribution < -0.4 is 15.4 Å². The van der Waals surface area contributed by atoms with Crippen molar-refractivity contribution in [3.63, 3.8) is 0 Å². The molecule has 1 aliphatic rings. The van der Waals surface area contributed by atoms with Crippen LogP contribution in [0.2, 0.25) is 0 Å². The van der Waals surface area contributed by atoms with Crippen molar-refractivity contribution in [3.8, 4) is 5.75 Å². The maximum absolute atomic E-state index is 13.6. The Morgan fingerprint density at radius 2 is 1.54 bits per heavy atom. The van der Waals surface area contributed by atoms with Crippen LogP contribution in [0.25, 0.3) is 0 Å². The number of ether oxygens (including phenoxy) is 1. The summed E-state index contributed by atoms with van der Waals surface area (Å²) in [6.45, 7) is 12.5. The lowest BCUT2D eigenvalue weighted by Crippen LogP contribution is -2.57. The fourth-order valence-corrected chi connectivity index (χ4v) is 4.73. The molecule has 2 N–H and O–H groups in total. The highest BCUT2D eigenvalue weighted by molar-refractivity contribution is 5.90. The lowest BCUT2D eigenvalue weighted by atomic mass is 9.97. The van der Waals surface area contributed by atoms with Crippen molar-refractivity contribution in [3.05, 3.63) is 65.7 Å². The fourth-order valence-electron chi connectivity index (χ4n) is 4.73. The number of rotatable bonds is 11. The van der Waals surface area contributed by atoms with Crippen LogP contribution in [-0.4, -0.2) is 47.4 Å². The summed E-state index contributed by atoms with van der Waals surface area (Å²) in [5.74, 6) is 0.956. The van der Waals surface area contributed by atoms with Gasteiger partial charge in [0.15, 0.2) is 0 Å². The van der Waals surface area contributed by atoms with E-state index in [-0.39, 0.29) is 23.4 Å². The van der Waals surface area contributed by atoms with Crippen LogP contribution in [0.5, 0.6) is 5.75 Å². The molecule has 2 aromatic rings. The zero-order valence-electron chi connectivity index (χ0n) is 23.3. The van der Waals surface area contributed by atoms with Crippen LogP contribution >= 0.6 is 0 Å². The molecule has 1 fully saturated rings. The molecular formula is C31H45N3O3. The number of carbonyl (C=O) groups excluding carboxylic acids is 2. The van der Waals surface area contributed by atoms with Crippen molar-refractivity contribution in [1.29, 1.82) is 0 Å². The number of benzene rings is 2. The molecule has 2 unspecified atom stereocenters. The molecule has 0 spiro atoms. The second kappa shape index (κ2) is 13.6. The summed E-state index contributed by atoms with van der Waals surface area (Å²) in [6.07, 6.45) is 4.66. The van der Waals surface area contributed by atoms with E-state index in [0.717, 1.165) is 49.2 Å². The first-order valence-electron chi connectivity index (χ1n) is 13.7. The number of piperidine rings is 1. The SMILES string of the molecule is CC(C)CC(C(=O)NC(Cc1ccc(OCc2ccccc2)cc1)C(=O)NC(C)(C)C)N1CCCCC1. The monoisotopic (exact) mass is 507 g/mol. The Kier molecular flexibility index (Phi) is 10.6. The molecule has 1 aliphatic heterocycles. The van der Waals surface area contributed by atoms with Gasteiger partial charge in [-0.3, -0.25) is 14.5 Å². The Morgan fingerprint density at radius 1 is 0.892 bits per heavy atom. The van der Waals surface area contributed by atoms with E-state index in [9.17, 15) is 9.59 Å². The van der Waals surface area contributed by atoms with Crippen molar-refractivity contribution >= 4 is 11.8 Å². The number of amides is 2. The Morgan fingerprint density at radius 3 is 2.14 bits per heavy atom. The fraction of sp³-hybridized carbons (Fsp3) is 0.548. The van der Waals surface area contributed by atoms with Crippen LogP contribution in [0.1, 0.15) is 71.4 Å². The van der Waals surface area contributed by atoms with Gasteiger partial charge >= 0.3 is 0 Å². The molecule has 0 saturated carbocycles. The second-order valence-electron chi connectivity index (χ2n) is 11.7. The number of nitrogens with zero attached hydrogens (tertiary/aromatic N) is 1. The van der Waals surface area contributed by atoms with Gasteiger partial charge in [0.05, 0.1) is 6.04 Å². The average molecular weight is 508 g/mol. The van der Waals surface area contributed by atoms with Crippen molar-refractivity contribution in [2.75, 3.05) is 13.1 Å². The van der Waals surface area contributed by atoms with Gasteiger partial charge in [-0.1, -0.05) is 62.7 Å². The van der Waals surface area contributed by atoms with Gasteiger partial charge in [-0.2, -0.15) is 0 Å². The van der Waals surface area contributed by atoms with Crippen molar-refractivity contribution in [2.45, 2.75) is 91.0 Å². The summed E-state index contributed by atoms with van der Waals surface area (Å²) in [5.41, 5.74) is 1.69. The predicted molar refractivity (Wildman–Crippen MR) is 149 cm³/mol. The number of nitrogens with one attached hydrogen (secondary N) is 2. The molecule has 3 rings (SSSR count). The normalized spacial score (nSPS) is 16.2. The van der Waals surface area contributed by atoms with Crippen molar-refractivity contribution in [2.24, 2.45) is 5.92 Å². The highest BCUT2D eigenvalue weighted by Gasteiger charge is 2.32. The van der Waals surface area contributed by atoms with E-state index in [1.165, 1.54) is 6.42 Å². The minimum Gasteiger partial charge on any atom is -0.489 e. The predicted octanol–water partition coefficient (Wildman–Crippen LogP) is 5.11. The molecule has 1 heterocycles. The molecule has 2 amide bonds. The van der Waals surface area contributed by atoms with Gasteiger partial charge in [0.25, 0.3) is 0 Å². The molecule has 6 nitrogen and oxygen atoms in total. The Bertz CT molecular complexity index is 977. The second-order valence-corrected chi connectivity index (χ2v) is 11.7. The van der Waals surface area contributed by atoms with Crippen LogP contribution in [0.15, 0.2) is 54.6 Å². The van der Waals surface area contributed by atoms with Crippen LogP contribution in [0.4, 0.5) is 0 Å². The first-order valence-corrected chi connectivity index (χ1v) is 13.7. The van der Waals surface area contributed by atoms with Gasteiger partial charge in [-0.05, 0) is 82.3 Å². The van der Waals surface area contributed by atoms with E-state index in [1.54, 1.807) is 0 Å².